The second-order valence-electron chi connectivity index (χ2n) is 4.77. The summed E-state index contributed by atoms with van der Waals surface area (Å²) in [5, 5.41) is 3.18. The van der Waals surface area contributed by atoms with Gasteiger partial charge < -0.3 is 20.5 Å². The summed E-state index contributed by atoms with van der Waals surface area (Å²) in [7, 11) is 1.63. The third-order valence-corrected chi connectivity index (χ3v) is 3.11. The average molecular weight is 308 g/mol. The molecule has 0 unspecified atom stereocenters. The Morgan fingerprint density at radius 3 is 2.30 bits per heavy atom. The molecule has 2 aromatic carbocycles. The number of nitrogens with zero attached hydrogens (tertiary/aromatic N) is 2. The topological polar surface area (TPSA) is 82.3 Å². The van der Waals surface area contributed by atoms with Crippen LogP contribution in [0, 0.1) is 0 Å². The van der Waals surface area contributed by atoms with E-state index >= 15 is 0 Å². The first kappa shape index (κ1) is 14.6. The molecule has 0 spiro atoms. The van der Waals surface area contributed by atoms with E-state index in [0.717, 1.165) is 11.4 Å². The van der Waals surface area contributed by atoms with Crippen LogP contribution < -0.4 is 20.5 Å². The molecule has 1 heterocycles. The summed E-state index contributed by atoms with van der Waals surface area (Å²) in [5.41, 5.74) is 7.22. The lowest BCUT2D eigenvalue weighted by Gasteiger charge is -2.08. The molecule has 6 nitrogen and oxygen atoms in total. The summed E-state index contributed by atoms with van der Waals surface area (Å²) >= 11 is 0. The fraction of sp³-hybridized carbons (Fsp3) is 0.0588. The van der Waals surface area contributed by atoms with Gasteiger partial charge in [-0.25, -0.2) is 9.97 Å². The summed E-state index contributed by atoms with van der Waals surface area (Å²) in [6.45, 7) is 0. The molecule has 0 radical (unpaired) electrons. The quantitative estimate of drug-likeness (QED) is 0.701. The van der Waals surface area contributed by atoms with Crippen molar-refractivity contribution in [3.8, 4) is 17.4 Å². The van der Waals surface area contributed by atoms with Crippen molar-refractivity contribution < 1.29 is 9.47 Å². The van der Waals surface area contributed by atoms with Crippen molar-refractivity contribution in [3.05, 3.63) is 60.9 Å². The smallest absolute Gasteiger partial charge is 0.224 e. The summed E-state index contributed by atoms with van der Waals surface area (Å²) in [4.78, 5) is 8.28. The Hall–Kier alpha value is -3.28. The number of aromatic nitrogens is 2. The van der Waals surface area contributed by atoms with Crippen LogP contribution in [-0.4, -0.2) is 17.1 Å². The highest BCUT2D eigenvalue weighted by molar-refractivity contribution is 5.57. The van der Waals surface area contributed by atoms with Crippen molar-refractivity contribution in [2.24, 2.45) is 0 Å². The van der Waals surface area contributed by atoms with E-state index in [2.05, 4.69) is 15.3 Å². The molecule has 0 atom stereocenters. The van der Waals surface area contributed by atoms with Crippen molar-refractivity contribution >= 4 is 17.2 Å². The normalized spacial score (nSPS) is 10.1. The molecule has 3 N–H and O–H groups in total. The predicted octanol–water partition coefficient (Wildman–Crippen LogP) is 3.60. The highest BCUT2D eigenvalue weighted by Crippen LogP contribution is 2.24. The lowest BCUT2D eigenvalue weighted by atomic mass is 10.3. The highest BCUT2D eigenvalue weighted by atomic mass is 16.5. The maximum Gasteiger partial charge on any atom is 0.224 e. The van der Waals surface area contributed by atoms with Crippen LogP contribution in [0.25, 0.3) is 0 Å². The van der Waals surface area contributed by atoms with E-state index in [-0.39, 0.29) is 0 Å². The van der Waals surface area contributed by atoms with Crippen LogP contribution >= 0.6 is 0 Å². The second-order valence-corrected chi connectivity index (χ2v) is 4.77. The molecule has 0 saturated heterocycles. The molecule has 0 aliphatic rings. The Labute approximate surface area is 133 Å². The standard InChI is InChI=1S/C17H16N4O2/c1-22-14-8-4-13(5-9-14)21-16-10-17(20-11-19-16)23-15-6-2-12(18)3-7-15/h2-11H,18H2,1H3,(H,19,20,21). The number of benzene rings is 2. The Balaban J connectivity index is 1.72. The lowest BCUT2D eigenvalue weighted by molar-refractivity contribution is 0.415. The summed E-state index contributed by atoms with van der Waals surface area (Å²) < 4.78 is 10.8. The number of nitrogens with two attached hydrogens (primary N) is 1. The fourth-order valence-corrected chi connectivity index (χ4v) is 1.94. The van der Waals surface area contributed by atoms with Crippen molar-refractivity contribution in [1.29, 1.82) is 0 Å². The highest BCUT2D eigenvalue weighted by Gasteiger charge is 2.03. The molecule has 23 heavy (non-hydrogen) atoms. The van der Waals surface area contributed by atoms with Gasteiger partial charge in [-0.05, 0) is 48.5 Å². The number of nitrogens with one attached hydrogen (secondary N) is 1. The lowest BCUT2D eigenvalue weighted by Crippen LogP contribution is -1.96. The van der Waals surface area contributed by atoms with Crippen LogP contribution in [0.15, 0.2) is 60.9 Å². The maximum absolute atomic E-state index is 5.68. The van der Waals surface area contributed by atoms with Crippen LogP contribution in [-0.2, 0) is 0 Å². The number of methoxy groups -OCH3 is 1. The number of rotatable bonds is 5. The molecule has 0 bridgehead atoms. The van der Waals surface area contributed by atoms with Gasteiger partial charge in [-0.1, -0.05) is 0 Å². The van der Waals surface area contributed by atoms with Crippen molar-refractivity contribution in [2.45, 2.75) is 0 Å². The number of hydrogen-bond donors (Lipinski definition) is 2. The Kier molecular flexibility index (Phi) is 4.24. The van der Waals surface area contributed by atoms with E-state index in [4.69, 9.17) is 15.2 Å². The monoisotopic (exact) mass is 308 g/mol. The van der Waals surface area contributed by atoms with E-state index in [0.29, 0.717) is 23.1 Å². The van der Waals surface area contributed by atoms with E-state index in [9.17, 15) is 0 Å². The minimum Gasteiger partial charge on any atom is -0.497 e. The predicted molar refractivity (Wildman–Crippen MR) is 89.2 cm³/mol. The first-order valence-corrected chi connectivity index (χ1v) is 6.99. The number of hydrogen-bond acceptors (Lipinski definition) is 6. The van der Waals surface area contributed by atoms with E-state index < -0.39 is 0 Å². The van der Waals surface area contributed by atoms with Gasteiger partial charge >= 0.3 is 0 Å². The van der Waals surface area contributed by atoms with Gasteiger partial charge in [-0.3, -0.25) is 0 Å². The van der Waals surface area contributed by atoms with Crippen molar-refractivity contribution in [2.75, 3.05) is 18.2 Å². The molecule has 0 saturated carbocycles. The summed E-state index contributed by atoms with van der Waals surface area (Å²) in [6, 6.07) is 16.4. The molecular weight excluding hydrogens is 292 g/mol. The molecule has 1 aromatic heterocycles. The molecular formula is C17H16N4O2. The molecule has 0 aliphatic carbocycles. The zero-order valence-corrected chi connectivity index (χ0v) is 12.6. The third-order valence-electron chi connectivity index (χ3n) is 3.11. The van der Waals surface area contributed by atoms with Gasteiger partial charge in [0, 0.05) is 17.4 Å². The average Bonchev–Trinajstić information content (AvgIpc) is 2.58. The van der Waals surface area contributed by atoms with Gasteiger partial charge in [0.1, 0.15) is 23.6 Å². The number of ether oxygens (including phenoxy) is 2. The largest absolute Gasteiger partial charge is 0.497 e. The van der Waals surface area contributed by atoms with Crippen LogP contribution in [0.5, 0.6) is 17.4 Å². The zero-order valence-electron chi connectivity index (χ0n) is 12.6. The molecule has 0 fully saturated rings. The van der Waals surface area contributed by atoms with Gasteiger partial charge in [0.05, 0.1) is 7.11 Å². The minimum atomic E-state index is 0.445. The summed E-state index contributed by atoms with van der Waals surface area (Å²) in [6.07, 6.45) is 1.44. The molecule has 0 aliphatic heterocycles. The Morgan fingerprint density at radius 2 is 1.61 bits per heavy atom. The molecule has 3 aromatic rings. The van der Waals surface area contributed by atoms with Gasteiger partial charge in [-0.15, -0.1) is 0 Å². The van der Waals surface area contributed by atoms with Crippen LogP contribution in [0.3, 0.4) is 0 Å². The van der Waals surface area contributed by atoms with E-state index in [1.807, 2.05) is 24.3 Å². The van der Waals surface area contributed by atoms with Gasteiger partial charge in [-0.2, -0.15) is 0 Å². The van der Waals surface area contributed by atoms with Crippen LogP contribution in [0.2, 0.25) is 0 Å². The van der Waals surface area contributed by atoms with Gasteiger partial charge in [0.25, 0.3) is 0 Å². The Bertz CT molecular complexity index is 773. The van der Waals surface area contributed by atoms with Crippen LogP contribution in [0.4, 0.5) is 17.2 Å². The van der Waals surface area contributed by atoms with Crippen molar-refractivity contribution in [1.82, 2.24) is 9.97 Å². The zero-order chi connectivity index (χ0) is 16.1. The van der Waals surface area contributed by atoms with Gasteiger partial charge in [0.2, 0.25) is 5.88 Å². The van der Waals surface area contributed by atoms with E-state index in [1.165, 1.54) is 6.33 Å². The first-order valence-electron chi connectivity index (χ1n) is 6.99. The number of nitrogen functional groups attached to an aromatic ring is 1. The van der Waals surface area contributed by atoms with E-state index in [1.54, 1.807) is 37.4 Å². The summed E-state index contributed by atoms with van der Waals surface area (Å²) in [5.74, 6) is 2.54. The molecule has 3 rings (SSSR count). The number of anilines is 3. The molecule has 116 valence electrons. The second kappa shape index (κ2) is 6.65. The first-order chi connectivity index (χ1) is 11.2. The van der Waals surface area contributed by atoms with Crippen molar-refractivity contribution in [3.63, 3.8) is 0 Å². The molecule has 0 amide bonds. The SMILES string of the molecule is COc1ccc(Nc2cc(Oc3ccc(N)cc3)ncn2)cc1. The van der Waals surface area contributed by atoms with Crippen LogP contribution in [0.1, 0.15) is 0 Å². The molecule has 6 heteroatoms. The minimum absolute atomic E-state index is 0.445. The Morgan fingerprint density at radius 1 is 0.913 bits per heavy atom. The third kappa shape index (κ3) is 3.88. The maximum atomic E-state index is 5.68. The fourth-order valence-electron chi connectivity index (χ4n) is 1.94. The van der Waals surface area contributed by atoms with Gasteiger partial charge in [0.15, 0.2) is 0 Å².